The lowest BCUT2D eigenvalue weighted by atomic mass is 9.96. The average molecular weight is 290 g/mol. The number of hydrogen-bond acceptors (Lipinski definition) is 6. The number of benzene rings is 1. The van der Waals surface area contributed by atoms with E-state index >= 15 is 0 Å². The van der Waals surface area contributed by atoms with E-state index in [1.807, 2.05) is 18.2 Å². The first-order chi connectivity index (χ1) is 10.3. The molecule has 2 aromatic rings. The van der Waals surface area contributed by atoms with E-state index in [0.717, 1.165) is 23.5 Å². The third-order valence-electron chi connectivity index (χ3n) is 3.54. The van der Waals surface area contributed by atoms with Crippen molar-refractivity contribution >= 4 is 0 Å². The van der Waals surface area contributed by atoms with E-state index in [4.69, 9.17) is 18.7 Å². The van der Waals surface area contributed by atoms with Crippen molar-refractivity contribution in [3.8, 4) is 11.5 Å². The Bertz CT molecular complexity index is 611. The van der Waals surface area contributed by atoms with Crippen LogP contribution in [-0.4, -0.2) is 37.6 Å². The van der Waals surface area contributed by atoms with Crippen LogP contribution in [0.25, 0.3) is 0 Å². The Morgan fingerprint density at radius 1 is 1.33 bits per heavy atom. The van der Waals surface area contributed by atoms with Gasteiger partial charge in [-0.05, 0) is 18.1 Å². The second-order valence-corrected chi connectivity index (χ2v) is 4.95. The van der Waals surface area contributed by atoms with Crippen molar-refractivity contribution in [1.82, 2.24) is 10.1 Å². The Morgan fingerprint density at radius 2 is 2.24 bits per heavy atom. The Kier molecular flexibility index (Phi) is 4.06. The molecule has 2 heterocycles. The van der Waals surface area contributed by atoms with Gasteiger partial charge in [0.05, 0.1) is 19.6 Å². The van der Waals surface area contributed by atoms with Gasteiger partial charge in [0, 0.05) is 13.5 Å². The highest BCUT2D eigenvalue weighted by Crippen LogP contribution is 2.38. The van der Waals surface area contributed by atoms with Crippen LogP contribution in [0, 0.1) is 0 Å². The lowest BCUT2D eigenvalue weighted by molar-refractivity contribution is 0.199. The summed E-state index contributed by atoms with van der Waals surface area (Å²) in [6.07, 6.45) is 1.45. The van der Waals surface area contributed by atoms with E-state index in [-0.39, 0.29) is 5.92 Å². The summed E-state index contributed by atoms with van der Waals surface area (Å²) in [4.78, 5) is 4.42. The topological polar surface area (TPSA) is 66.6 Å². The van der Waals surface area contributed by atoms with E-state index in [1.54, 1.807) is 14.2 Å². The molecule has 1 aliphatic heterocycles. The van der Waals surface area contributed by atoms with Gasteiger partial charge in [-0.1, -0.05) is 17.3 Å². The maximum absolute atomic E-state index is 5.83. The molecule has 0 N–H and O–H groups in total. The summed E-state index contributed by atoms with van der Waals surface area (Å²) in [5.74, 6) is 2.94. The summed E-state index contributed by atoms with van der Waals surface area (Å²) >= 11 is 0. The minimum atomic E-state index is 0.0772. The van der Waals surface area contributed by atoms with Crippen molar-refractivity contribution < 1.29 is 18.7 Å². The molecule has 1 aliphatic rings. The third kappa shape index (κ3) is 2.85. The van der Waals surface area contributed by atoms with Crippen molar-refractivity contribution in [1.29, 1.82) is 0 Å². The van der Waals surface area contributed by atoms with Crippen LogP contribution >= 0.6 is 0 Å². The molecular weight excluding hydrogens is 272 g/mol. The van der Waals surface area contributed by atoms with Crippen LogP contribution in [0.2, 0.25) is 0 Å². The van der Waals surface area contributed by atoms with Crippen molar-refractivity contribution in [3.63, 3.8) is 0 Å². The molecule has 21 heavy (non-hydrogen) atoms. The molecule has 1 aromatic carbocycles. The molecule has 0 spiro atoms. The van der Waals surface area contributed by atoms with Crippen LogP contribution in [-0.2, 0) is 17.6 Å². The SMILES string of the molecule is COCCc1noc(C2COc3c(cccc3OC)C2)n1. The average Bonchev–Trinajstić information content (AvgIpc) is 3.00. The van der Waals surface area contributed by atoms with Gasteiger partial charge in [-0.3, -0.25) is 0 Å². The van der Waals surface area contributed by atoms with Gasteiger partial charge < -0.3 is 18.7 Å². The molecule has 1 unspecified atom stereocenters. The first-order valence-corrected chi connectivity index (χ1v) is 6.92. The second-order valence-electron chi connectivity index (χ2n) is 4.95. The first kappa shape index (κ1) is 13.9. The maximum atomic E-state index is 5.83. The van der Waals surface area contributed by atoms with Gasteiger partial charge in [-0.25, -0.2) is 0 Å². The summed E-state index contributed by atoms with van der Waals surface area (Å²) in [6, 6.07) is 5.89. The molecular formula is C15H18N2O4. The van der Waals surface area contributed by atoms with Crippen LogP contribution in [0.5, 0.6) is 11.5 Å². The normalized spacial score (nSPS) is 17.1. The van der Waals surface area contributed by atoms with Gasteiger partial charge >= 0.3 is 0 Å². The fourth-order valence-corrected chi connectivity index (χ4v) is 2.44. The molecule has 0 amide bonds. The van der Waals surface area contributed by atoms with Gasteiger partial charge in [0.1, 0.15) is 6.61 Å². The van der Waals surface area contributed by atoms with Crippen LogP contribution in [0.1, 0.15) is 23.2 Å². The fourth-order valence-electron chi connectivity index (χ4n) is 2.44. The van der Waals surface area contributed by atoms with Gasteiger partial charge in [0.25, 0.3) is 0 Å². The molecule has 0 fully saturated rings. The Morgan fingerprint density at radius 3 is 3.05 bits per heavy atom. The van der Waals surface area contributed by atoms with Crippen LogP contribution < -0.4 is 9.47 Å². The lowest BCUT2D eigenvalue weighted by Crippen LogP contribution is -2.20. The number of rotatable bonds is 5. The van der Waals surface area contributed by atoms with Crippen LogP contribution in [0.15, 0.2) is 22.7 Å². The lowest BCUT2D eigenvalue weighted by Gasteiger charge is -2.24. The zero-order valence-corrected chi connectivity index (χ0v) is 12.2. The predicted molar refractivity (Wildman–Crippen MR) is 74.8 cm³/mol. The van der Waals surface area contributed by atoms with Crippen molar-refractivity contribution in [3.05, 3.63) is 35.5 Å². The molecule has 112 valence electrons. The molecule has 0 aliphatic carbocycles. The van der Waals surface area contributed by atoms with E-state index < -0.39 is 0 Å². The molecule has 3 rings (SSSR count). The number of aromatic nitrogens is 2. The van der Waals surface area contributed by atoms with Crippen molar-refractivity contribution in [2.45, 2.75) is 18.8 Å². The van der Waals surface area contributed by atoms with E-state index in [1.165, 1.54) is 0 Å². The molecule has 1 aromatic heterocycles. The number of ether oxygens (including phenoxy) is 3. The summed E-state index contributed by atoms with van der Waals surface area (Å²) in [5.41, 5.74) is 1.10. The fraction of sp³-hybridized carbons (Fsp3) is 0.467. The smallest absolute Gasteiger partial charge is 0.233 e. The molecule has 0 saturated carbocycles. The van der Waals surface area contributed by atoms with Gasteiger partial charge in [0.2, 0.25) is 5.89 Å². The zero-order valence-electron chi connectivity index (χ0n) is 12.2. The molecule has 1 atom stereocenters. The number of methoxy groups -OCH3 is 2. The molecule has 0 radical (unpaired) electrons. The Hall–Kier alpha value is -2.08. The molecule has 0 saturated heterocycles. The number of para-hydroxylation sites is 1. The van der Waals surface area contributed by atoms with Crippen LogP contribution in [0.4, 0.5) is 0 Å². The largest absolute Gasteiger partial charge is 0.493 e. The summed E-state index contributed by atoms with van der Waals surface area (Å²) < 4.78 is 21.5. The van der Waals surface area contributed by atoms with E-state index in [9.17, 15) is 0 Å². The number of fused-ring (bicyclic) bond motifs is 1. The zero-order chi connectivity index (χ0) is 14.7. The van der Waals surface area contributed by atoms with Crippen molar-refractivity contribution in [2.24, 2.45) is 0 Å². The number of hydrogen-bond donors (Lipinski definition) is 0. The number of nitrogens with zero attached hydrogens (tertiary/aromatic N) is 2. The summed E-state index contributed by atoms with van der Waals surface area (Å²) in [6.45, 7) is 1.10. The van der Waals surface area contributed by atoms with Gasteiger partial charge in [-0.2, -0.15) is 4.98 Å². The second kappa shape index (κ2) is 6.13. The van der Waals surface area contributed by atoms with Gasteiger partial charge in [-0.15, -0.1) is 0 Å². The molecule has 6 nitrogen and oxygen atoms in total. The van der Waals surface area contributed by atoms with E-state index in [0.29, 0.717) is 31.3 Å². The monoisotopic (exact) mass is 290 g/mol. The molecule has 0 bridgehead atoms. The standard InChI is InChI=1S/C15H18N2O4/c1-18-7-6-13-16-15(21-17-13)11-8-10-4-3-5-12(19-2)14(10)20-9-11/h3-5,11H,6-9H2,1-2H3. The predicted octanol–water partition coefficient (Wildman–Crippen LogP) is 1.99. The quantitative estimate of drug-likeness (QED) is 0.839. The first-order valence-electron chi connectivity index (χ1n) is 6.92. The highest BCUT2D eigenvalue weighted by atomic mass is 16.5. The van der Waals surface area contributed by atoms with E-state index in [2.05, 4.69) is 10.1 Å². The highest BCUT2D eigenvalue weighted by molar-refractivity contribution is 5.48. The minimum Gasteiger partial charge on any atom is -0.493 e. The third-order valence-corrected chi connectivity index (χ3v) is 3.54. The highest BCUT2D eigenvalue weighted by Gasteiger charge is 2.27. The minimum absolute atomic E-state index is 0.0772. The summed E-state index contributed by atoms with van der Waals surface area (Å²) in [5, 5.41) is 3.97. The maximum Gasteiger partial charge on any atom is 0.233 e. The van der Waals surface area contributed by atoms with Gasteiger partial charge in [0.15, 0.2) is 17.3 Å². The van der Waals surface area contributed by atoms with Crippen molar-refractivity contribution in [2.75, 3.05) is 27.4 Å². The van der Waals surface area contributed by atoms with Crippen LogP contribution in [0.3, 0.4) is 0 Å². The Labute approximate surface area is 123 Å². The molecule has 6 heteroatoms. The Balaban J connectivity index is 1.75. The summed E-state index contributed by atoms with van der Waals surface area (Å²) in [7, 11) is 3.30.